The molecule has 1 atom stereocenters. The molecule has 24 heavy (non-hydrogen) atoms. The summed E-state index contributed by atoms with van der Waals surface area (Å²) < 4.78 is 11.0. The summed E-state index contributed by atoms with van der Waals surface area (Å²) >= 11 is 6.66. The molecule has 0 bridgehead atoms. The summed E-state index contributed by atoms with van der Waals surface area (Å²) in [7, 11) is 5.44. The molecular formula is C19H23Cl2NO2. The molecule has 0 aliphatic carbocycles. The maximum atomic E-state index is 6.66. The van der Waals surface area contributed by atoms with Gasteiger partial charge >= 0.3 is 0 Å². The summed E-state index contributed by atoms with van der Waals surface area (Å²) in [5.74, 6) is 1.60. The Morgan fingerprint density at radius 1 is 1.12 bits per heavy atom. The zero-order chi connectivity index (χ0) is 16.4. The first kappa shape index (κ1) is 18.9. The molecule has 0 saturated carbocycles. The van der Waals surface area contributed by atoms with Crippen LogP contribution in [0, 0.1) is 0 Å². The van der Waals surface area contributed by atoms with Crippen LogP contribution in [0.15, 0.2) is 36.4 Å². The Hall–Kier alpha value is -1.42. The van der Waals surface area contributed by atoms with Crippen molar-refractivity contribution in [2.45, 2.75) is 12.3 Å². The van der Waals surface area contributed by atoms with Gasteiger partial charge in [0, 0.05) is 19.0 Å². The Morgan fingerprint density at radius 3 is 2.46 bits per heavy atom. The summed E-state index contributed by atoms with van der Waals surface area (Å²) in [6.07, 6.45) is 0.911. The number of rotatable bonds is 3. The molecule has 5 heteroatoms. The van der Waals surface area contributed by atoms with E-state index >= 15 is 0 Å². The fourth-order valence-corrected chi connectivity index (χ4v) is 3.72. The highest BCUT2D eigenvalue weighted by molar-refractivity contribution is 6.33. The lowest BCUT2D eigenvalue weighted by molar-refractivity contribution is 0.338. The first-order valence-corrected chi connectivity index (χ1v) is 8.20. The number of benzene rings is 2. The Kier molecular flexibility index (Phi) is 6.39. The Morgan fingerprint density at radius 2 is 1.83 bits per heavy atom. The molecule has 0 amide bonds. The van der Waals surface area contributed by atoms with Crippen molar-refractivity contribution in [3.05, 3.63) is 58.1 Å². The second kappa shape index (κ2) is 8.11. The van der Waals surface area contributed by atoms with Gasteiger partial charge in [-0.05, 0) is 36.2 Å². The number of halogens is 2. The van der Waals surface area contributed by atoms with Crippen molar-refractivity contribution in [2.75, 3.05) is 34.4 Å². The number of likely N-dealkylation sites (N-methyl/N-ethyl adjacent to an activating group) is 1. The molecule has 3 rings (SSSR count). The smallest absolute Gasteiger partial charge is 0.179 e. The monoisotopic (exact) mass is 367 g/mol. The molecule has 0 N–H and O–H groups in total. The van der Waals surface area contributed by atoms with E-state index in [1.165, 1.54) is 16.7 Å². The van der Waals surface area contributed by atoms with Gasteiger partial charge in [0.2, 0.25) is 0 Å². The van der Waals surface area contributed by atoms with Crippen molar-refractivity contribution in [1.29, 1.82) is 0 Å². The van der Waals surface area contributed by atoms with Gasteiger partial charge in [-0.25, -0.2) is 0 Å². The largest absolute Gasteiger partial charge is 0.493 e. The van der Waals surface area contributed by atoms with Gasteiger partial charge in [0.25, 0.3) is 0 Å². The standard InChI is InChI=1S/C19H22ClNO2.ClH/c1-21-10-9-14-15(11-17(22-2)19(23-3)18(14)20)16(12-21)13-7-5-4-6-8-13;/h4-8,11,16H,9-10,12H2,1-3H3;1H. The van der Waals surface area contributed by atoms with Crippen LogP contribution in [0.3, 0.4) is 0 Å². The average molecular weight is 368 g/mol. The van der Waals surface area contributed by atoms with Gasteiger partial charge in [0.1, 0.15) is 0 Å². The zero-order valence-corrected chi connectivity index (χ0v) is 15.8. The molecule has 0 aromatic heterocycles. The van der Waals surface area contributed by atoms with Crippen LogP contribution in [0.4, 0.5) is 0 Å². The minimum absolute atomic E-state index is 0. The van der Waals surface area contributed by atoms with Gasteiger partial charge < -0.3 is 14.4 Å². The highest BCUT2D eigenvalue weighted by atomic mass is 35.5. The predicted octanol–water partition coefficient (Wildman–Crippen LogP) is 4.40. The number of hydrogen-bond acceptors (Lipinski definition) is 3. The van der Waals surface area contributed by atoms with Crippen LogP contribution >= 0.6 is 24.0 Å². The van der Waals surface area contributed by atoms with E-state index in [-0.39, 0.29) is 18.3 Å². The molecule has 2 aromatic rings. The summed E-state index contributed by atoms with van der Waals surface area (Å²) in [6, 6.07) is 12.7. The maximum absolute atomic E-state index is 6.66. The molecule has 1 unspecified atom stereocenters. The third-order valence-corrected chi connectivity index (χ3v) is 4.96. The van der Waals surface area contributed by atoms with Crippen LogP contribution in [0.1, 0.15) is 22.6 Å². The Balaban J connectivity index is 0.00000208. The van der Waals surface area contributed by atoms with Gasteiger partial charge in [0.05, 0.1) is 19.2 Å². The van der Waals surface area contributed by atoms with E-state index < -0.39 is 0 Å². The topological polar surface area (TPSA) is 21.7 Å². The van der Waals surface area contributed by atoms with E-state index in [0.717, 1.165) is 19.5 Å². The molecule has 2 aromatic carbocycles. The molecule has 3 nitrogen and oxygen atoms in total. The molecule has 1 aliphatic rings. The summed E-state index contributed by atoms with van der Waals surface area (Å²) in [5, 5.41) is 0.679. The fraction of sp³-hybridized carbons (Fsp3) is 0.368. The lowest BCUT2D eigenvalue weighted by Gasteiger charge is -2.23. The zero-order valence-electron chi connectivity index (χ0n) is 14.2. The van der Waals surface area contributed by atoms with E-state index in [2.05, 4.69) is 42.3 Å². The molecule has 0 saturated heterocycles. The fourth-order valence-electron chi connectivity index (χ4n) is 3.35. The third-order valence-electron chi connectivity index (χ3n) is 4.56. The van der Waals surface area contributed by atoms with E-state index in [1.54, 1.807) is 14.2 Å². The first-order chi connectivity index (χ1) is 11.2. The lowest BCUT2D eigenvalue weighted by atomic mass is 9.87. The lowest BCUT2D eigenvalue weighted by Crippen LogP contribution is -2.24. The molecular weight excluding hydrogens is 345 g/mol. The van der Waals surface area contributed by atoms with Crippen molar-refractivity contribution in [1.82, 2.24) is 4.90 Å². The minimum atomic E-state index is 0. The molecule has 1 heterocycles. The van der Waals surface area contributed by atoms with E-state index in [9.17, 15) is 0 Å². The predicted molar refractivity (Wildman–Crippen MR) is 101 cm³/mol. The van der Waals surface area contributed by atoms with Crippen LogP contribution in [-0.4, -0.2) is 39.3 Å². The van der Waals surface area contributed by atoms with Crippen LogP contribution in [-0.2, 0) is 6.42 Å². The van der Waals surface area contributed by atoms with Crippen molar-refractivity contribution in [3.8, 4) is 11.5 Å². The number of methoxy groups -OCH3 is 2. The molecule has 0 spiro atoms. The van der Waals surface area contributed by atoms with Crippen molar-refractivity contribution in [3.63, 3.8) is 0 Å². The van der Waals surface area contributed by atoms with Crippen LogP contribution in [0.5, 0.6) is 11.5 Å². The second-order valence-electron chi connectivity index (χ2n) is 5.97. The summed E-state index contributed by atoms with van der Waals surface area (Å²) in [6.45, 7) is 1.94. The first-order valence-electron chi connectivity index (χ1n) is 7.82. The Labute approximate surface area is 154 Å². The SMILES string of the molecule is COc1cc2c(c(Cl)c1OC)CCN(C)CC2c1ccccc1.Cl. The van der Waals surface area contributed by atoms with Gasteiger partial charge in [-0.15, -0.1) is 12.4 Å². The third kappa shape index (κ3) is 3.49. The number of nitrogens with zero attached hydrogens (tertiary/aromatic N) is 1. The molecule has 130 valence electrons. The normalized spacial score (nSPS) is 17.4. The number of ether oxygens (including phenoxy) is 2. The molecule has 0 radical (unpaired) electrons. The summed E-state index contributed by atoms with van der Waals surface area (Å²) in [5.41, 5.74) is 3.71. The highest BCUT2D eigenvalue weighted by Crippen LogP contribution is 2.44. The molecule has 0 fully saturated rings. The maximum Gasteiger partial charge on any atom is 0.179 e. The quantitative estimate of drug-likeness (QED) is 0.802. The van der Waals surface area contributed by atoms with Crippen LogP contribution < -0.4 is 9.47 Å². The average Bonchev–Trinajstić information content (AvgIpc) is 2.75. The van der Waals surface area contributed by atoms with Gasteiger partial charge in [-0.3, -0.25) is 0 Å². The Bertz CT molecular complexity index is 692. The number of fused-ring (bicyclic) bond motifs is 1. The highest BCUT2D eigenvalue weighted by Gasteiger charge is 2.28. The van der Waals surface area contributed by atoms with Crippen LogP contribution in [0.2, 0.25) is 5.02 Å². The number of hydrogen-bond donors (Lipinski definition) is 0. The van der Waals surface area contributed by atoms with E-state index in [0.29, 0.717) is 16.5 Å². The van der Waals surface area contributed by atoms with Crippen molar-refractivity contribution >= 4 is 24.0 Å². The van der Waals surface area contributed by atoms with Crippen molar-refractivity contribution in [2.24, 2.45) is 0 Å². The second-order valence-corrected chi connectivity index (χ2v) is 6.35. The van der Waals surface area contributed by atoms with Gasteiger partial charge in [-0.1, -0.05) is 41.9 Å². The van der Waals surface area contributed by atoms with Gasteiger partial charge in [-0.2, -0.15) is 0 Å². The van der Waals surface area contributed by atoms with Gasteiger partial charge in [0.15, 0.2) is 11.5 Å². The van der Waals surface area contributed by atoms with E-state index in [4.69, 9.17) is 21.1 Å². The summed E-state index contributed by atoms with van der Waals surface area (Å²) in [4.78, 5) is 2.35. The van der Waals surface area contributed by atoms with Crippen LogP contribution in [0.25, 0.3) is 0 Å². The van der Waals surface area contributed by atoms with Crippen molar-refractivity contribution < 1.29 is 9.47 Å². The minimum Gasteiger partial charge on any atom is -0.493 e. The molecule has 1 aliphatic heterocycles. The van der Waals surface area contributed by atoms with E-state index in [1.807, 2.05) is 6.07 Å².